The predicted octanol–water partition coefficient (Wildman–Crippen LogP) is 1.24. The number of hydrogen-bond acceptors (Lipinski definition) is 6. The number of carbonyl (C=O) groups excluding carboxylic acids is 2. The molecule has 0 spiro atoms. The molecule has 0 unspecified atom stereocenters. The Balaban J connectivity index is 1.72. The molecule has 3 rings (SSSR count). The minimum absolute atomic E-state index is 0.0690. The summed E-state index contributed by atoms with van der Waals surface area (Å²) in [6.45, 7) is 1.40. The molecule has 2 aromatic rings. The third-order valence-corrected chi connectivity index (χ3v) is 4.73. The summed E-state index contributed by atoms with van der Waals surface area (Å²) < 4.78 is 34.8. The van der Waals surface area contributed by atoms with Crippen molar-refractivity contribution >= 4 is 21.7 Å². The molecule has 2 aromatic carbocycles. The number of fused-ring (bicyclic) bond motifs is 1. The zero-order valence-electron chi connectivity index (χ0n) is 13.1. The predicted molar refractivity (Wildman–Crippen MR) is 86.8 cm³/mol. The molecule has 1 aliphatic heterocycles. The van der Waals surface area contributed by atoms with Gasteiger partial charge in [-0.25, -0.2) is 8.42 Å². The van der Waals surface area contributed by atoms with Gasteiger partial charge in [0.15, 0.2) is 17.3 Å². The summed E-state index contributed by atoms with van der Waals surface area (Å²) in [7, 11) is -4.02. The van der Waals surface area contributed by atoms with Gasteiger partial charge in [-0.2, -0.15) is 0 Å². The topological polar surface area (TPSA) is 111 Å². The van der Waals surface area contributed by atoms with Crippen molar-refractivity contribution < 1.29 is 27.5 Å². The number of nitrogens with one attached hydrogen (secondary N) is 2. The van der Waals surface area contributed by atoms with Gasteiger partial charge in [0, 0.05) is 11.1 Å². The van der Waals surface area contributed by atoms with E-state index in [1.165, 1.54) is 43.3 Å². The lowest BCUT2D eigenvalue weighted by Crippen LogP contribution is -2.41. The van der Waals surface area contributed by atoms with Gasteiger partial charge >= 0.3 is 0 Å². The van der Waals surface area contributed by atoms with Gasteiger partial charge in [-0.15, -0.1) is 4.83 Å². The van der Waals surface area contributed by atoms with Crippen molar-refractivity contribution in [3.63, 3.8) is 0 Å². The Morgan fingerprint density at radius 3 is 2.52 bits per heavy atom. The lowest BCUT2D eigenvalue weighted by Gasteiger charge is -2.09. The second-order valence-electron chi connectivity index (χ2n) is 5.21. The van der Waals surface area contributed by atoms with Crippen LogP contribution in [0.15, 0.2) is 47.4 Å². The highest BCUT2D eigenvalue weighted by Gasteiger charge is 2.19. The molecule has 2 N–H and O–H groups in total. The third-order valence-electron chi connectivity index (χ3n) is 3.48. The van der Waals surface area contributed by atoms with Crippen LogP contribution in [0.4, 0.5) is 0 Å². The summed E-state index contributed by atoms with van der Waals surface area (Å²) in [4.78, 5) is 25.3. The number of ketones is 1. The SMILES string of the molecule is CC(=O)c1cccc(S(=O)(=O)NNC(=O)c2ccc3c(c2)OCO3)c1. The van der Waals surface area contributed by atoms with E-state index in [1.54, 1.807) is 6.07 Å². The molecule has 9 heteroatoms. The molecule has 0 saturated carbocycles. The first-order valence-corrected chi connectivity index (χ1v) is 8.68. The fourth-order valence-electron chi connectivity index (χ4n) is 2.16. The summed E-state index contributed by atoms with van der Waals surface area (Å²) in [5, 5.41) is 0. The van der Waals surface area contributed by atoms with Crippen molar-refractivity contribution in [2.75, 3.05) is 6.79 Å². The number of Topliss-reactive ketones (excluding diaryl/α,β-unsaturated/α-hetero) is 1. The normalized spacial score (nSPS) is 12.7. The molecule has 1 aliphatic rings. The van der Waals surface area contributed by atoms with Crippen molar-refractivity contribution in [1.29, 1.82) is 0 Å². The highest BCUT2D eigenvalue weighted by Crippen LogP contribution is 2.32. The highest BCUT2D eigenvalue weighted by molar-refractivity contribution is 7.89. The Morgan fingerprint density at radius 2 is 1.76 bits per heavy atom. The van der Waals surface area contributed by atoms with E-state index in [1.807, 2.05) is 4.83 Å². The molecule has 0 aromatic heterocycles. The summed E-state index contributed by atoms with van der Waals surface area (Å²) in [5.41, 5.74) is 2.57. The Bertz CT molecular complexity index is 955. The van der Waals surface area contributed by atoms with Gasteiger partial charge in [0.05, 0.1) is 4.90 Å². The van der Waals surface area contributed by atoms with Crippen LogP contribution in [0.1, 0.15) is 27.6 Å². The van der Waals surface area contributed by atoms with Crippen LogP contribution in [0.2, 0.25) is 0 Å². The Morgan fingerprint density at radius 1 is 1.00 bits per heavy atom. The molecule has 0 fully saturated rings. The maximum Gasteiger partial charge on any atom is 0.266 e. The van der Waals surface area contributed by atoms with Crippen LogP contribution < -0.4 is 19.7 Å². The van der Waals surface area contributed by atoms with E-state index in [0.29, 0.717) is 11.5 Å². The standard InChI is InChI=1S/C16H14N2O6S/c1-10(19)11-3-2-4-13(7-11)25(21,22)18-17-16(20)12-5-6-14-15(8-12)24-9-23-14/h2-8,18H,9H2,1H3,(H,17,20). The van der Waals surface area contributed by atoms with E-state index in [0.717, 1.165) is 0 Å². The highest BCUT2D eigenvalue weighted by atomic mass is 32.2. The maximum atomic E-state index is 12.2. The fraction of sp³-hybridized carbons (Fsp3) is 0.125. The number of benzene rings is 2. The van der Waals surface area contributed by atoms with Crippen molar-refractivity contribution in [2.45, 2.75) is 11.8 Å². The van der Waals surface area contributed by atoms with E-state index >= 15 is 0 Å². The van der Waals surface area contributed by atoms with Crippen LogP contribution in [0, 0.1) is 0 Å². The van der Waals surface area contributed by atoms with Crippen molar-refractivity contribution in [1.82, 2.24) is 10.3 Å². The number of carbonyl (C=O) groups is 2. The number of rotatable bonds is 5. The minimum Gasteiger partial charge on any atom is -0.454 e. The zero-order valence-corrected chi connectivity index (χ0v) is 13.9. The molecule has 0 radical (unpaired) electrons. The van der Waals surface area contributed by atoms with Gasteiger partial charge in [-0.3, -0.25) is 15.0 Å². The van der Waals surface area contributed by atoms with E-state index in [-0.39, 0.29) is 28.6 Å². The van der Waals surface area contributed by atoms with Crippen LogP contribution in [0.3, 0.4) is 0 Å². The lowest BCUT2D eigenvalue weighted by molar-refractivity contribution is 0.0943. The van der Waals surface area contributed by atoms with Crippen molar-refractivity contribution in [2.24, 2.45) is 0 Å². The van der Waals surface area contributed by atoms with Gasteiger partial charge in [0.2, 0.25) is 6.79 Å². The number of hydrazine groups is 1. The zero-order chi connectivity index (χ0) is 18.0. The maximum absolute atomic E-state index is 12.2. The fourth-order valence-corrected chi connectivity index (χ4v) is 3.05. The quantitative estimate of drug-likeness (QED) is 0.612. The second-order valence-corrected chi connectivity index (χ2v) is 6.89. The van der Waals surface area contributed by atoms with Crippen LogP contribution in [-0.2, 0) is 10.0 Å². The number of hydrogen-bond donors (Lipinski definition) is 2. The lowest BCUT2D eigenvalue weighted by atomic mass is 10.2. The number of ether oxygens (including phenoxy) is 2. The van der Waals surface area contributed by atoms with Gasteiger partial charge in [-0.1, -0.05) is 12.1 Å². The molecule has 0 atom stereocenters. The Labute approximate surface area is 143 Å². The van der Waals surface area contributed by atoms with Crippen LogP contribution >= 0.6 is 0 Å². The Kier molecular flexibility index (Phi) is 4.43. The molecule has 0 saturated heterocycles. The summed E-state index contributed by atoms with van der Waals surface area (Å²) in [5.74, 6) is -0.00566. The molecule has 0 bridgehead atoms. The first-order chi connectivity index (χ1) is 11.9. The van der Waals surface area contributed by atoms with Crippen molar-refractivity contribution in [3.05, 3.63) is 53.6 Å². The molecule has 1 amide bonds. The monoisotopic (exact) mass is 362 g/mol. The van der Waals surface area contributed by atoms with E-state index in [2.05, 4.69) is 5.43 Å². The van der Waals surface area contributed by atoms with E-state index < -0.39 is 15.9 Å². The molecule has 8 nitrogen and oxygen atoms in total. The largest absolute Gasteiger partial charge is 0.454 e. The average Bonchev–Trinajstić information content (AvgIpc) is 3.07. The summed E-state index contributed by atoms with van der Waals surface area (Å²) in [6.07, 6.45) is 0. The molecule has 130 valence electrons. The number of amides is 1. The minimum atomic E-state index is -4.02. The van der Waals surface area contributed by atoms with Crippen LogP contribution in [0.25, 0.3) is 0 Å². The van der Waals surface area contributed by atoms with Crippen LogP contribution in [0.5, 0.6) is 11.5 Å². The third kappa shape index (κ3) is 3.62. The molecular formula is C16H14N2O6S. The first kappa shape index (κ1) is 16.9. The van der Waals surface area contributed by atoms with E-state index in [4.69, 9.17) is 9.47 Å². The van der Waals surface area contributed by atoms with Crippen LogP contribution in [-0.4, -0.2) is 26.9 Å². The summed E-state index contributed by atoms with van der Waals surface area (Å²) >= 11 is 0. The molecular weight excluding hydrogens is 348 g/mol. The molecule has 1 heterocycles. The summed E-state index contributed by atoms with van der Waals surface area (Å²) in [6, 6.07) is 9.99. The van der Waals surface area contributed by atoms with Crippen molar-refractivity contribution in [3.8, 4) is 11.5 Å². The number of sulfonamides is 1. The van der Waals surface area contributed by atoms with Gasteiger partial charge in [0.25, 0.3) is 15.9 Å². The molecule has 25 heavy (non-hydrogen) atoms. The first-order valence-electron chi connectivity index (χ1n) is 7.19. The van der Waals surface area contributed by atoms with E-state index in [9.17, 15) is 18.0 Å². The smallest absolute Gasteiger partial charge is 0.266 e. The van der Waals surface area contributed by atoms with Gasteiger partial charge in [0.1, 0.15) is 0 Å². The Hall–Kier alpha value is -2.91. The molecule has 0 aliphatic carbocycles. The van der Waals surface area contributed by atoms with Gasteiger partial charge < -0.3 is 9.47 Å². The average molecular weight is 362 g/mol. The van der Waals surface area contributed by atoms with Gasteiger partial charge in [-0.05, 0) is 37.3 Å². The second kappa shape index (κ2) is 6.54.